The summed E-state index contributed by atoms with van der Waals surface area (Å²) in [5.74, 6) is 2.52. The molecule has 1 aromatic heterocycles. The van der Waals surface area contributed by atoms with Gasteiger partial charge in [-0.05, 0) is 48.6 Å². The zero-order chi connectivity index (χ0) is 19.3. The maximum Gasteiger partial charge on any atom is 0.234 e. The summed E-state index contributed by atoms with van der Waals surface area (Å²) in [6.45, 7) is 4.00. The number of nitrogens with zero attached hydrogens (tertiary/aromatic N) is 3. The third-order valence-corrected chi connectivity index (χ3v) is 5.60. The molecule has 1 amide bonds. The molecule has 1 atom stereocenters. The first kappa shape index (κ1) is 18.7. The van der Waals surface area contributed by atoms with Gasteiger partial charge in [0.2, 0.25) is 5.91 Å². The Morgan fingerprint density at radius 1 is 1.14 bits per heavy atom. The molecule has 1 aromatic carbocycles. The molecule has 1 unspecified atom stereocenters. The molecule has 28 heavy (non-hydrogen) atoms. The van der Waals surface area contributed by atoms with E-state index in [1.54, 1.807) is 7.11 Å². The van der Waals surface area contributed by atoms with Gasteiger partial charge in [-0.3, -0.25) is 9.69 Å². The summed E-state index contributed by atoms with van der Waals surface area (Å²) in [6.07, 6.45) is 4.19. The van der Waals surface area contributed by atoms with Crippen molar-refractivity contribution in [1.82, 2.24) is 15.2 Å². The molecule has 0 spiro atoms. The standard InChI is InChI=1S/C22H28N4O2/c1-28-19-9-7-18(8-10-19)22(17-5-6-17)24-21(27)16-25-12-14-26(15-13-25)20-4-2-3-11-23-20/h2-4,7-11,17,22H,5-6,12-16H2,1H3,(H,24,27). The normalized spacial score (nSPS) is 18.5. The van der Waals surface area contributed by atoms with Gasteiger partial charge in [0, 0.05) is 32.4 Å². The highest BCUT2D eigenvalue weighted by Crippen LogP contribution is 2.41. The van der Waals surface area contributed by atoms with Gasteiger partial charge in [-0.2, -0.15) is 0 Å². The number of benzene rings is 1. The van der Waals surface area contributed by atoms with Gasteiger partial charge in [0.05, 0.1) is 19.7 Å². The average Bonchev–Trinajstić information content (AvgIpc) is 3.59. The van der Waals surface area contributed by atoms with Crippen molar-refractivity contribution in [2.75, 3.05) is 44.7 Å². The predicted molar refractivity (Wildman–Crippen MR) is 109 cm³/mol. The van der Waals surface area contributed by atoms with Crippen molar-refractivity contribution < 1.29 is 9.53 Å². The van der Waals surface area contributed by atoms with Gasteiger partial charge in [0.15, 0.2) is 0 Å². The number of aromatic nitrogens is 1. The van der Waals surface area contributed by atoms with Crippen molar-refractivity contribution in [2.45, 2.75) is 18.9 Å². The minimum absolute atomic E-state index is 0.105. The van der Waals surface area contributed by atoms with Gasteiger partial charge in [0.1, 0.15) is 11.6 Å². The van der Waals surface area contributed by atoms with Crippen LogP contribution in [0.4, 0.5) is 5.82 Å². The topological polar surface area (TPSA) is 57.7 Å². The number of pyridine rings is 1. The molecule has 6 heteroatoms. The first-order chi connectivity index (χ1) is 13.7. The van der Waals surface area contributed by atoms with Crippen molar-refractivity contribution >= 4 is 11.7 Å². The van der Waals surface area contributed by atoms with Crippen LogP contribution >= 0.6 is 0 Å². The molecule has 1 saturated carbocycles. The Labute approximate surface area is 166 Å². The van der Waals surface area contributed by atoms with Gasteiger partial charge in [-0.25, -0.2) is 4.98 Å². The number of carbonyl (C=O) groups is 1. The van der Waals surface area contributed by atoms with Crippen molar-refractivity contribution in [3.8, 4) is 5.75 Å². The molecule has 2 fully saturated rings. The molecule has 1 saturated heterocycles. The van der Waals surface area contributed by atoms with E-state index >= 15 is 0 Å². The second-order valence-corrected chi connectivity index (χ2v) is 7.61. The molecule has 148 valence electrons. The van der Waals surface area contributed by atoms with Crippen LogP contribution in [0.3, 0.4) is 0 Å². The zero-order valence-corrected chi connectivity index (χ0v) is 16.4. The van der Waals surface area contributed by atoms with Crippen LogP contribution in [0, 0.1) is 5.92 Å². The van der Waals surface area contributed by atoms with E-state index in [1.807, 2.05) is 36.5 Å². The summed E-state index contributed by atoms with van der Waals surface area (Å²) < 4.78 is 5.24. The van der Waals surface area contributed by atoms with Crippen LogP contribution in [0.5, 0.6) is 5.75 Å². The number of hydrogen-bond acceptors (Lipinski definition) is 5. The van der Waals surface area contributed by atoms with Crippen LogP contribution in [-0.4, -0.2) is 55.6 Å². The fourth-order valence-corrected chi connectivity index (χ4v) is 3.81. The average molecular weight is 380 g/mol. The summed E-state index contributed by atoms with van der Waals surface area (Å²) >= 11 is 0. The van der Waals surface area contributed by atoms with Gasteiger partial charge >= 0.3 is 0 Å². The monoisotopic (exact) mass is 380 g/mol. The summed E-state index contributed by atoms with van der Waals surface area (Å²) in [6, 6.07) is 14.1. The summed E-state index contributed by atoms with van der Waals surface area (Å²) in [5, 5.41) is 3.28. The summed E-state index contributed by atoms with van der Waals surface area (Å²) in [4.78, 5) is 21.6. The lowest BCUT2D eigenvalue weighted by Crippen LogP contribution is -2.50. The Hall–Kier alpha value is -2.60. The second-order valence-electron chi connectivity index (χ2n) is 7.61. The largest absolute Gasteiger partial charge is 0.497 e. The molecule has 0 bridgehead atoms. The van der Waals surface area contributed by atoms with Crippen LogP contribution in [0.15, 0.2) is 48.7 Å². The van der Waals surface area contributed by atoms with Crippen LogP contribution in [0.25, 0.3) is 0 Å². The van der Waals surface area contributed by atoms with E-state index in [0.29, 0.717) is 12.5 Å². The third-order valence-electron chi connectivity index (χ3n) is 5.60. The summed E-state index contributed by atoms with van der Waals surface area (Å²) in [5.41, 5.74) is 1.16. The molecular weight excluding hydrogens is 352 g/mol. The van der Waals surface area contributed by atoms with Crippen molar-refractivity contribution in [3.63, 3.8) is 0 Å². The van der Waals surface area contributed by atoms with Crippen LogP contribution < -0.4 is 15.0 Å². The Bertz CT molecular complexity index is 769. The molecule has 2 heterocycles. The van der Waals surface area contributed by atoms with Gasteiger partial charge < -0.3 is 15.0 Å². The van der Waals surface area contributed by atoms with Crippen LogP contribution in [0.2, 0.25) is 0 Å². The number of rotatable bonds is 7. The number of nitrogens with one attached hydrogen (secondary N) is 1. The number of ether oxygens (including phenoxy) is 1. The van der Waals surface area contributed by atoms with E-state index < -0.39 is 0 Å². The number of anilines is 1. The van der Waals surface area contributed by atoms with Gasteiger partial charge in [-0.1, -0.05) is 18.2 Å². The highest BCUT2D eigenvalue weighted by atomic mass is 16.5. The second kappa shape index (κ2) is 8.61. The van der Waals surface area contributed by atoms with Crippen molar-refractivity contribution in [3.05, 3.63) is 54.2 Å². The Morgan fingerprint density at radius 2 is 1.89 bits per heavy atom. The van der Waals surface area contributed by atoms with Gasteiger partial charge in [0.25, 0.3) is 0 Å². The quantitative estimate of drug-likeness (QED) is 0.800. The highest BCUT2D eigenvalue weighted by molar-refractivity contribution is 5.78. The Morgan fingerprint density at radius 3 is 2.50 bits per heavy atom. The maximum atomic E-state index is 12.7. The SMILES string of the molecule is COc1ccc(C(NC(=O)CN2CCN(c3ccccn3)CC2)C2CC2)cc1. The van der Waals surface area contributed by atoms with Crippen LogP contribution in [0.1, 0.15) is 24.4 Å². The van der Waals surface area contributed by atoms with E-state index in [0.717, 1.165) is 43.3 Å². The van der Waals surface area contributed by atoms with E-state index in [4.69, 9.17) is 4.74 Å². The highest BCUT2D eigenvalue weighted by Gasteiger charge is 2.33. The maximum absolute atomic E-state index is 12.7. The van der Waals surface area contributed by atoms with Crippen molar-refractivity contribution in [2.24, 2.45) is 5.92 Å². The zero-order valence-electron chi connectivity index (χ0n) is 16.4. The first-order valence-corrected chi connectivity index (χ1v) is 10.0. The number of carbonyl (C=O) groups excluding carboxylic acids is 1. The fraction of sp³-hybridized carbons (Fsp3) is 0.455. The fourth-order valence-electron chi connectivity index (χ4n) is 3.81. The summed E-state index contributed by atoms with van der Waals surface area (Å²) in [7, 11) is 1.67. The molecule has 4 rings (SSSR count). The van der Waals surface area contributed by atoms with Crippen molar-refractivity contribution in [1.29, 1.82) is 0 Å². The number of piperazine rings is 1. The predicted octanol–water partition coefficient (Wildman–Crippen LogP) is 2.48. The molecule has 2 aromatic rings. The lowest BCUT2D eigenvalue weighted by atomic mass is 10.0. The number of amides is 1. The molecule has 2 aliphatic rings. The molecule has 6 nitrogen and oxygen atoms in total. The lowest BCUT2D eigenvalue weighted by Gasteiger charge is -2.35. The lowest BCUT2D eigenvalue weighted by molar-refractivity contribution is -0.123. The van der Waals surface area contributed by atoms with E-state index in [-0.39, 0.29) is 11.9 Å². The van der Waals surface area contributed by atoms with E-state index in [1.165, 1.54) is 12.8 Å². The Kier molecular flexibility index (Phi) is 5.76. The van der Waals surface area contributed by atoms with Crippen LogP contribution in [-0.2, 0) is 4.79 Å². The first-order valence-electron chi connectivity index (χ1n) is 10.0. The van der Waals surface area contributed by atoms with E-state index in [2.05, 4.69) is 32.2 Å². The molecule has 1 aliphatic heterocycles. The number of methoxy groups -OCH3 is 1. The minimum atomic E-state index is 0.105. The third kappa shape index (κ3) is 4.62. The van der Waals surface area contributed by atoms with E-state index in [9.17, 15) is 4.79 Å². The van der Waals surface area contributed by atoms with Gasteiger partial charge in [-0.15, -0.1) is 0 Å². The number of hydrogen-bond donors (Lipinski definition) is 1. The molecule has 1 N–H and O–H groups in total. The molecule has 1 aliphatic carbocycles. The molecule has 0 radical (unpaired) electrons. The molecular formula is C22H28N4O2. The smallest absolute Gasteiger partial charge is 0.234 e. The Balaban J connectivity index is 1.29. The minimum Gasteiger partial charge on any atom is -0.497 e.